The predicted molar refractivity (Wildman–Crippen MR) is 166 cm³/mol. The lowest BCUT2D eigenvalue weighted by atomic mass is 10.1. The van der Waals surface area contributed by atoms with E-state index in [-0.39, 0.29) is 0 Å². The maximum atomic E-state index is 5.55. The molecule has 0 saturated carbocycles. The highest BCUT2D eigenvalue weighted by atomic mass is 16.5. The Bertz CT molecular complexity index is 1610. The van der Waals surface area contributed by atoms with Gasteiger partial charge in [-0.15, -0.1) is 0 Å². The molecule has 214 valence electrons. The number of hydrazone groups is 2. The van der Waals surface area contributed by atoms with Gasteiger partial charge < -0.3 is 19.5 Å². The minimum atomic E-state index is 0.375. The Balaban J connectivity index is 1.30. The number of benzene rings is 3. The fraction of sp³-hybridized carbons (Fsp3) is 0.250. The molecule has 0 atom stereocenters. The fourth-order valence-corrected chi connectivity index (χ4v) is 5.29. The number of methoxy groups -OCH3 is 3. The van der Waals surface area contributed by atoms with E-state index in [2.05, 4.69) is 40.4 Å². The van der Waals surface area contributed by atoms with Crippen molar-refractivity contribution >= 4 is 34.7 Å². The fourth-order valence-electron chi connectivity index (χ4n) is 5.29. The monoisotopic (exact) mass is 563 g/mol. The maximum Gasteiger partial charge on any atom is 0.231 e. The topological polar surface area (TPSA) is 114 Å². The summed E-state index contributed by atoms with van der Waals surface area (Å²) in [6.07, 6.45) is 3.48. The number of hydrogen-bond donors (Lipinski definition) is 3. The van der Waals surface area contributed by atoms with Gasteiger partial charge in [0.2, 0.25) is 5.95 Å². The Morgan fingerprint density at radius 2 is 1.21 bits per heavy atom. The van der Waals surface area contributed by atoms with Crippen molar-refractivity contribution in [3.8, 4) is 17.2 Å². The van der Waals surface area contributed by atoms with Gasteiger partial charge in [0.15, 0.2) is 11.6 Å². The highest BCUT2D eigenvalue weighted by molar-refractivity contribution is 6.05. The third-order valence-electron chi connectivity index (χ3n) is 7.45. The minimum absolute atomic E-state index is 0.375. The number of hydrogen-bond acceptors (Lipinski definition) is 10. The second-order valence-corrected chi connectivity index (χ2v) is 10.2. The maximum absolute atomic E-state index is 5.55. The zero-order chi connectivity index (χ0) is 29.1. The SMILES string of the molecule is COc1ccc2c(c1)CCC2=NNc1cc(NN=C2CCc3cc(OC)ccc32)nc(Nc2cc(C)ccc2OC)n1. The van der Waals surface area contributed by atoms with Gasteiger partial charge in [0.1, 0.15) is 17.2 Å². The first kappa shape index (κ1) is 27.1. The van der Waals surface area contributed by atoms with Crippen LogP contribution in [0.5, 0.6) is 17.2 Å². The Hall–Kier alpha value is -5.12. The molecule has 4 aromatic rings. The number of ether oxygens (including phenoxy) is 3. The van der Waals surface area contributed by atoms with E-state index >= 15 is 0 Å². The van der Waals surface area contributed by atoms with Gasteiger partial charge in [-0.2, -0.15) is 20.2 Å². The van der Waals surface area contributed by atoms with E-state index in [1.165, 1.54) is 11.1 Å². The Morgan fingerprint density at radius 3 is 1.74 bits per heavy atom. The number of fused-ring (bicyclic) bond motifs is 2. The van der Waals surface area contributed by atoms with Gasteiger partial charge in [-0.05, 0) is 97.8 Å². The number of rotatable bonds is 9. The summed E-state index contributed by atoms with van der Waals surface area (Å²) >= 11 is 0. The molecule has 42 heavy (non-hydrogen) atoms. The summed E-state index contributed by atoms with van der Waals surface area (Å²) in [6, 6.07) is 19.8. The van der Waals surface area contributed by atoms with Gasteiger partial charge in [-0.1, -0.05) is 6.07 Å². The van der Waals surface area contributed by atoms with E-state index < -0.39 is 0 Å². The quantitative estimate of drug-likeness (QED) is 0.210. The van der Waals surface area contributed by atoms with Gasteiger partial charge >= 0.3 is 0 Å². The minimum Gasteiger partial charge on any atom is -0.497 e. The molecule has 2 aliphatic rings. The van der Waals surface area contributed by atoms with E-state index in [1.807, 2.05) is 37.3 Å². The molecule has 0 spiro atoms. The first-order chi connectivity index (χ1) is 20.5. The lowest BCUT2D eigenvalue weighted by Crippen LogP contribution is -2.07. The van der Waals surface area contributed by atoms with Crippen LogP contribution in [0, 0.1) is 6.92 Å². The van der Waals surface area contributed by atoms with Crippen molar-refractivity contribution in [3.63, 3.8) is 0 Å². The summed E-state index contributed by atoms with van der Waals surface area (Å²) in [7, 11) is 5.00. The van der Waals surface area contributed by atoms with E-state index in [4.69, 9.17) is 34.4 Å². The number of aromatic nitrogens is 2. The van der Waals surface area contributed by atoms with E-state index in [1.54, 1.807) is 27.4 Å². The van der Waals surface area contributed by atoms with Crippen molar-refractivity contribution in [3.05, 3.63) is 88.5 Å². The third-order valence-corrected chi connectivity index (χ3v) is 7.45. The third kappa shape index (κ3) is 5.69. The number of aryl methyl sites for hydroxylation is 3. The van der Waals surface area contributed by atoms with Crippen LogP contribution in [-0.4, -0.2) is 42.7 Å². The normalized spacial score (nSPS) is 15.3. The Morgan fingerprint density at radius 1 is 0.643 bits per heavy atom. The Labute approximate surface area is 244 Å². The van der Waals surface area contributed by atoms with Crippen molar-refractivity contribution in [1.29, 1.82) is 0 Å². The summed E-state index contributed by atoms with van der Waals surface area (Å²) < 4.78 is 16.3. The molecule has 0 fully saturated rings. The Kier molecular flexibility index (Phi) is 7.59. The lowest BCUT2D eigenvalue weighted by Gasteiger charge is -2.13. The molecule has 0 bridgehead atoms. The summed E-state index contributed by atoms with van der Waals surface area (Å²) in [6.45, 7) is 2.02. The molecule has 6 rings (SSSR count). The van der Waals surface area contributed by atoms with Crippen molar-refractivity contribution in [2.45, 2.75) is 32.6 Å². The zero-order valence-electron chi connectivity index (χ0n) is 24.1. The molecule has 10 heteroatoms. The van der Waals surface area contributed by atoms with E-state index in [0.29, 0.717) is 23.3 Å². The number of anilines is 4. The van der Waals surface area contributed by atoms with Crippen LogP contribution in [0.1, 0.15) is 40.7 Å². The van der Waals surface area contributed by atoms with E-state index in [0.717, 1.165) is 71.0 Å². The summed E-state index contributed by atoms with van der Waals surface area (Å²) in [5, 5.41) is 12.7. The van der Waals surface area contributed by atoms with Crippen LogP contribution in [0.25, 0.3) is 0 Å². The van der Waals surface area contributed by atoms with Crippen LogP contribution in [0.2, 0.25) is 0 Å². The van der Waals surface area contributed by atoms with Crippen molar-refractivity contribution < 1.29 is 14.2 Å². The highest BCUT2D eigenvalue weighted by Gasteiger charge is 2.20. The molecule has 0 amide bonds. The largest absolute Gasteiger partial charge is 0.497 e. The van der Waals surface area contributed by atoms with Gasteiger partial charge in [0.05, 0.1) is 38.4 Å². The van der Waals surface area contributed by atoms with Crippen LogP contribution in [0.3, 0.4) is 0 Å². The van der Waals surface area contributed by atoms with Crippen LogP contribution in [0.4, 0.5) is 23.3 Å². The molecule has 0 radical (unpaired) electrons. The van der Waals surface area contributed by atoms with Gasteiger partial charge in [0, 0.05) is 17.2 Å². The molecule has 3 N–H and O–H groups in total. The lowest BCUT2D eigenvalue weighted by molar-refractivity contribution is 0.414. The second-order valence-electron chi connectivity index (χ2n) is 10.2. The average molecular weight is 564 g/mol. The van der Waals surface area contributed by atoms with Crippen molar-refractivity contribution in [1.82, 2.24) is 9.97 Å². The number of nitrogens with zero attached hydrogens (tertiary/aromatic N) is 4. The highest BCUT2D eigenvalue weighted by Crippen LogP contribution is 2.30. The first-order valence-electron chi connectivity index (χ1n) is 13.8. The first-order valence-corrected chi connectivity index (χ1v) is 13.8. The van der Waals surface area contributed by atoms with Crippen LogP contribution in [-0.2, 0) is 12.8 Å². The van der Waals surface area contributed by atoms with Crippen LogP contribution in [0.15, 0.2) is 70.9 Å². The van der Waals surface area contributed by atoms with Gasteiger partial charge in [0.25, 0.3) is 0 Å². The number of nitrogens with one attached hydrogen (secondary N) is 3. The smallest absolute Gasteiger partial charge is 0.231 e. The van der Waals surface area contributed by atoms with Gasteiger partial charge in [-0.25, -0.2) is 0 Å². The molecule has 0 unspecified atom stereocenters. The molecule has 1 aromatic heterocycles. The molecule has 0 saturated heterocycles. The van der Waals surface area contributed by atoms with Gasteiger partial charge in [-0.3, -0.25) is 10.9 Å². The molecule has 1 heterocycles. The molecular weight excluding hydrogens is 530 g/mol. The molecule has 3 aromatic carbocycles. The van der Waals surface area contributed by atoms with Crippen molar-refractivity contribution in [2.75, 3.05) is 37.5 Å². The summed E-state index contributed by atoms with van der Waals surface area (Å²) in [5.74, 6) is 3.80. The molecule has 10 nitrogen and oxygen atoms in total. The predicted octanol–water partition coefficient (Wildman–Crippen LogP) is 6.08. The van der Waals surface area contributed by atoms with Crippen LogP contribution < -0.4 is 30.4 Å². The molecular formula is C32H33N7O3. The van der Waals surface area contributed by atoms with Crippen molar-refractivity contribution in [2.24, 2.45) is 10.2 Å². The summed E-state index contributed by atoms with van der Waals surface area (Å²) in [4.78, 5) is 9.39. The second kappa shape index (κ2) is 11.8. The standard InChI is InChI=1S/C32H33N7O3/c1-19-5-14-29(42-4)28(15-19)33-32-34-30(38-36-26-12-6-20-16-22(40-2)8-10-24(20)26)18-31(35-32)39-37-27-13-7-21-17-23(41-3)9-11-25(21)27/h5,8-11,14-18H,6-7,12-13H2,1-4H3,(H3,33,34,35,38,39). The molecule has 2 aliphatic carbocycles. The average Bonchev–Trinajstić information content (AvgIpc) is 3.62. The summed E-state index contributed by atoms with van der Waals surface area (Å²) in [5.41, 5.74) is 14.7. The van der Waals surface area contributed by atoms with Crippen LogP contribution >= 0.6 is 0 Å². The van der Waals surface area contributed by atoms with E-state index in [9.17, 15) is 0 Å². The zero-order valence-corrected chi connectivity index (χ0v) is 24.1. The molecule has 0 aliphatic heterocycles.